The molecule has 2 rings (SSSR count). The summed E-state index contributed by atoms with van der Waals surface area (Å²) in [4.78, 5) is 2.39. The van der Waals surface area contributed by atoms with Crippen LogP contribution in [0.15, 0.2) is 24.8 Å². The number of nitrogens with zero attached hydrogens (tertiary/aromatic N) is 2. The Balaban J connectivity index is 1.39. The lowest BCUT2D eigenvalue weighted by atomic mass is 10.1. The molecule has 0 aliphatic carbocycles. The van der Waals surface area contributed by atoms with Gasteiger partial charge in [-0.3, -0.25) is 0 Å². The Morgan fingerprint density at radius 1 is 0.528 bits per heavy atom. The highest BCUT2D eigenvalue weighted by molar-refractivity contribution is 7.85. The quantitative estimate of drug-likeness (QED) is 0.114. The van der Waals surface area contributed by atoms with Gasteiger partial charge in [-0.15, -0.1) is 0 Å². The minimum absolute atomic E-state index is 0.272. The van der Waals surface area contributed by atoms with Crippen molar-refractivity contribution in [2.24, 2.45) is 0 Å². The molecule has 2 unspecified atom stereocenters. The number of nitrogens with one attached hydrogen (secondary N) is 2. The van der Waals surface area contributed by atoms with Crippen molar-refractivity contribution in [3.05, 3.63) is 24.8 Å². The summed E-state index contributed by atoms with van der Waals surface area (Å²) >= 11 is 0. The number of hydrogen-bond donors (Lipinski definition) is 2. The highest BCUT2D eigenvalue weighted by atomic mass is 32.2. The third kappa shape index (κ3) is 15.6. The van der Waals surface area contributed by atoms with E-state index in [-0.39, 0.29) is 11.5 Å². The van der Waals surface area contributed by atoms with Gasteiger partial charge in [0.2, 0.25) is 12.4 Å². The second-order valence-electron chi connectivity index (χ2n) is 9.78. The molecular weight excluding hydrogens is 504 g/mol. The Hall–Kier alpha value is -1.44. The summed E-state index contributed by atoms with van der Waals surface area (Å²) in [5.41, 5.74) is 0. The predicted molar refractivity (Wildman–Crippen MR) is 137 cm³/mol. The summed E-state index contributed by atoms with van der Waals surface area (Å²) < 4.78 is 68.2. The van der Waals surface area contributed by atoms with Gasteiger partial charge in [-0.1, -0.05) is 25.7 Å². The number of rotatable bonds is 21. The van der Waals surface area contributed by atoms with Crippen LogP contribution in [0.4, 0.5) is 0 Å². The Bertz CT molecular complexity index is 910. The highest BCUT2D eigenvalue weighted by Crippen LogP contribution is 2.09. The van der Waals surface area contributed by atoms with Crippen molar-refractivity contribution in [3.8, 4) is 0 Å². The Labute approximate surface area is 217 Å². The first kappa shape index (κ1) is 30.8. The fourth-order valence-electron chi connectivity index (χ4n) is 4.42. The van der Waals surface area contributed by atoms with E-state index in [9.17, 15) is 25.9 Å². The monoisotopic (exact) mass is 548 g/mol. The van der Waals surface area contributed by atoms with Gasteiger partial charge in [-0.05, 0) is 38.5 Å². The van der Waals surface area contributed by atoms with Crippen molar-refractivity contribution >= 4 is 32.9 Å². The lowest BCUT2D eigenvalue weighted by Crippen LogP contribution is -3.06. The summed E-state index contributed by atoms with van der Waals surface area (Å²) in [5.74, 6) is -0.544. The molecule has 0 saturated carbocycles. The maximum absolute atomic E-state index is 10.6. The molecule has 0 aromatic carbocycles. The molecular formula is C24H44N4O6S2+2. The standard InChI is InChI=1S/C24H42N4O6S2/c29-35(30,31)21-11-9-15-27-19-17-25(23-27)13-7-5-3-1-2-4-6-8-14-26-18-20-28(24-26)16-10-12-22-36(32,33)34/h17-20,23-24H,1-16,21-22H2/p+2. The zero-order chi connectivity index (χ0) is 26.3. The lowest BCUT2D eigenvalue weighted by molar-refractivity contribution is -0.750. The van der Waals surface area contributed by atoms with Gasteiger partial charge in [0.05, 0.1) is 33.3 Å². The fraction of sp³-hybridized carbons (Fsp3) is 0.750. The average molecular weight is 549 g/mol. The normalized spacial score (nSPS) is 19.7. The van der Waals surface area contributed by atoms with Crippen LogP contribution in [-0.4, -0.2) is 85.5 Å². The van der Waals surface area contributed by atoms with Crippen molar-refractivity contribution in [1.82, 2.24) is 0 Å². The molecule has 0 fully saturated rings. The largest absolute Gasteiger partial charge is 0.748 e. The van der Waals surface area contributed by atoms with Crippen molar-refractivity contribution < 1.29 is 44.9 Å². The molecule has 206 valence electrons. The SMILES string of the molecule is O=S(=O)([O-])CCCC[NH+]1C=C[N+](CCCCCCCCCC[N+]2=C[NH+](CCCCS(=O)(=O)[O-])C=C2)=C1. The highest BCUT2D eigenvalue weighted by Gasteiger charge is 2.18. The molecule has 2 aliphatic rings. The number of hydrogen-bond acceptors (Lipinski definition) is 6. The van der Waals surface area contributed by atoms with E-state index in [0.29, 0.717) is 12.8 Å². The molecule has 10 nitrogen and oxygen atoms in total. The minimum atomic E-state index is -4.09. The van der Waals surface area contributed by atoms with Gasteiger partial charge in [-0.2, -0.15) is 9.15 Å². The van der Waals surface area contributed by atoms with Crippen molar-refractivity contribution in [1.29, 1.82) is 0 Å². The molecule has 36 heavy (non-hydrogen) atoms. The van der Waals surface area contributed by atoms with Gasteiger partial charge in [0, 0.05) is 24.3 Å². The van der Waals surface area contributed by atoms with Crippen molar-refractivity contribution in [2.45, 2.75) is 77.0 Å². The molecule has 2 aliphatic heterocycles. The molecule has 0 amide bonds. The smallest absolute Gasteiger partial charge is 0.335 e. The zero-order valence-electron chi connectivity index (χ0n) is 21.4. The van der Waals surface area contributed by atoms with Gasteiger partial charge in [-0.25, -0.2) is 26.6 Å². The maximum atomic E-state index is 10.6. The van der Waals surface area contributed by atoms with E-state index in [1.807, 2.05) is 0 Å². The Kier molecular flexibility index (Phi) is 14.0. The summed E-state index contributed by atoms with van der Waals surface area (Å²) in [5, 5.41) is 0. The molecule has 0 bridgehead atoms. The molecule has 0 saturated heterocycles. The third-order valence-corrected chi connectivity index (χ3v) is 8.00. The second-order valence-corrected chi connectivity index (χ2v) is 12.8. The van der Waals surface area contributed by atoms with Crippen LogP contribution in [-0.2, 0) is 20.2 Å². The van der Waals surface area contributed by atoms with E-state index >= 15 is 0 Å². The maximum Gasteiger partial charge on any atom is 0.335 e. The van der Waals surface area contributed by atoms with E-state index in [1.54, 1.807) is 0 Å². The van der Waals surface area contributed by atoms with Gasteiger partial charge in [0.25, 0.3) is 0 Å². The second kappa shape index (κ2) is 16.4. The lowest BCUT2D eigenvalue weighted by Gasteiger charge is -2.06. The molecule has 2 N–H and O–H groups in total. The minimum Gasteiger partial charge on any atom is -0.748 e. The van der Waals surface area contributed by atoms with Crippen LogP contribution in [0, 0.1) is 0 Å². The molecule has 2 atom stereocenters. The molecule has 0 aromatic heterocycles. The van der Waals surface area contributed by atoms with Gasteiger partial charge in [0.15, 0.2) is 25.5 Å². The molecule has 0 aromatic rings. The first-order valence-corrected chi connectivity index (χ1v) is 16.4. The fourth-order valence-corrected chi connectivity index (χ4v) is 5.54. The van der Waals surface area contributed by atoms with Gasteiger partial charge in [0.1, 0.15) is 0 Å². The average Bonchev–Trinajstić information content (AvgIpc) is 3.44. The van der Waals surface area contributed by atoms with Gasteiger partial charge >= 0.3 is 12.7 Å². The number of unbranched alkanes of at least 4 members (excludes halogenated alkanes) is 9. The Morgan fingerprint density at radius 2 is 0.889 bits per heavy atom. The molecule has 2 heterocycles. The first-order valence-electron chi connectivity index (χ1n) is 13.3. The van der Waals surface area contributed by atoms with Crippen LogP contribution in [0.3, 0.4) is 0 Å². The van der Waals surface area contributed by atoms with E-state index in [2.05, 4.69) is 46.6 Å². The van der Waals surface area contributed by atoms with E-state index in [4.69, 9.17) is 0 Å². The van der Waals surface area contributed by atoms with E-state index in [1.165, 1.54) is 48.3 Å². The van der Waals surface area contributed by atoms with Crippen molar-refractivity contribution in [3.63, 3.8) is 0 Å². The summed E-state index contributed by atoms with van der Waals surface area (Å²) in [6.45, 7) is 3.63. The van der Waals surface area contributed by atoms with E-state index in [0.717, 1.165) is 51.9 Å². The predicted octanol–water partition coefficient (Wildman–Crippen LogP) is -0.421. The summed E-state index contributed by atoms with van der Waals surface area (Å²) in [6, 6.07) is 0. The molecule has 0 spiro atoms. The first-order chi connectivity index (χ1) is 17.1. The molecule has 12 heteroatoms. The third-order valence-electron chi connectivity index (χ3n) is 6.43. The van der Waals surface area contributed by atoms with Crippen LogP contribution in [0.2, 0.25) is 0 Å². The van der Waals surface area contributed by atoms with Crippen LogP contribution in [0.25, 0.3) is 0 Å². The van der Waals surface area contributed by atoms with Crippen molar-refractivity contribution in [2.75, 3.05) is 37.7 Å². The summed E-state index contributed by atoms with van der Waals surface area (Å²) in [6.07, 6.45) is 24.7. The summed E-state index contributed by atoms with van der Waals surface area (Å²) in [7, 11) is -8.19. The topological polar surface area (TPSA) is 129 Å². The van der Waals surface area contributed by atoms with Gasteiger partial charge < -0.3 is 9.11 Å². The van der Waals surface area contributed by atoms with Crippen LogP contribution < -0.4 is 9.80 Å². The van der Waals surface area contributed by atoms with Crippen LogP contribution >= 0.6 is 0 Å². The number of quaternary nitrogens is 2. The van der Waals surface area contributed by atoms with E-state index < -0.39 is 20.2 Å². The molecule has 0 radical (unpaired) electrons. The van der Waals surface area contributed by atoms with Crippen LogP contribution in [0.5, 0.6) is 0 Å². The Morgan fingerprint density at radius 3 is 1.25 bits per heavy atom. The zero-order valence-corrected chi connectivity index (χ0v) is 23.0. The van der Waals surface area contributed by atoms with Crippen LogP contribution in [0.1, 0.15) is 77.0 Å².